The van der Waals surface area contributed by atoms with Crippen molar-refractivity contribution in [1.82, 2.24) is 0 Å². The maximum Gasteiger partial charge on any atom is 0.302 e. The lowest BCUT2D eigenvalue weighted by Crippen LogP contribution is -2.55. The maximum absolute atomic E-state index is 13.4. The number of hydrogen-bond acceptors (Lipinski definition) is 5. The second-order valence-electron chi connectivity index (χ2n) is 13.7. The third-order valence-corrected chi connectivity index (χ3v) is 12.1. The molecule has 0 heterocycles. The highest BCUT2D eigenvalue weighted by Gasteiger charge is 2.81. The highest BCUT2D eigenvalue weighted by Crippen LogP contribution is 2.87. The number of fused-ring (bicyclic) bond motifs is 2. The lowest BCUT2D eigenvalue weighted by molar-refractivity contribution is -0.155. The summed E-state index contributed by atoms with van der Waals surface area (Å²) in [7, 11) is 0. The zero-order chi connectivity index (χ0) is 26.4. The first-order valence-electron chi connectivity index (χ1n) is 14.0. The Morgan fingerprint density at radius 3 is 2.47 bits per heavy atom. The molecule has 198 valence electrons. The van der Waals surface area contributed by atoms with Crippen LogP contribution in [0, 0.1) is 51.2 Å². The molecule has 0 amide bonds. The molecular formula is C31H44O5. The molecule has 36 heavy (non-hydrogen) atoms. The van der Waals surface area contributed by atoms with E-state index in [1.807, 2.05) is 26.8 Å². The van der Waals surface area contributed by atoms with Crippen molar-refractivity contribution in [3.05, 3.63) is 23.8 Å². The van der Waals surface area contributed by atoms with Crippen molar-refractivity contribution in [2.45, 2.75) is 99.2 Å². The SMILES string of the molecule is CC(=O)O[C@H]1C[C@@]2(C)[C@@H]3CC[C@H]4[C@H](C)C(=O)C=C[C@@]45C[C@@]35CC[C@]2(C)[C@H]1[C@H](C)C(=O)C(O)C=C(C)C. The summed E-state index contributed by atoms with van der Waals surface area (Å²) in [5.74, 6) is 0.233. The summed E-state index contributed by atoms with van der Waals surface area (Å²) in [6.45, 7) is 14.0. The number of allylic oxidation sites excluding steroid dienone is 3. The normalized spacial score (nSPS) is 48.0. The van der Waals surface area contributed by atoms with Gasteiger partial charge in [0, 0.05) is 24.7 Å². The van der Waals surface area contributed by atoms with Gasteiger partial charge < -0.3 is 9.84 Å². The Morgan fingerprint density at radius 2 is 1.83 bits per heavy atom. The Balaban J connectivity index is 1.53. The molecule has 1 N–H and O–H groups in total. The van der Waals surface area contributed by atoms with Crippen LogP contribution < -0.4 is 0 Å². The summed E-state index contributed by atoms with van der Waals surface area (Å²) < 4.78 is 5.99. The van der Waals surface area contributed by atoms with E-state index in [0.717, 1.165) is 44.1 Å². The lowest BCUT2D eigenvalue weighted by atomic mass is 9.43. The van der Waals surface area contributed by atoms with E-state index < -0.39 is 12.0 Å². The minimum Gasteiger partial charge on any atom is -0.462 e. The Bertz CT molecular complexity index is 1050. The van der Waals surface area contributed by atoms with Gasteiger partial charge in [-0.25, -0.2) is 0 Å². The first kappa shape index (κ1) is 25.9. The van der Waals surface area contributed by atoms with Crippen LogP contribution in [0.15, 0.2) is 23.8 Å². The third kappa shape index (κ3) is 3.20. The molecule has 4 fully saturated rings. The number of ketones is 2. The van der Waals surface area contributed by atoms with E-state index in [9.17, 15) is 19.5 Å². The van der Waals surface area contributed by atoms with Crippen molar-refractivity contribution in [2.75, 3.05) is 0 Å². The second kappa shape index (κ2) is 8.12. The number of Topliss-reactive ketones (excluding diaryl/α,β-unsaturated/α-hetero) is 1. The first-order valence-corrected chi connectivity index (χ1v) is 14.0. The number of ether oxygens (including phenoxy) is 1. The van der Waals surface area contributed by atoms with Crippen LogP contribution in [0.2, 0.25) is 0 Å². The molecule has 0 aliphatic heterocycles. The van der Waals surface area contributed by atoms with Gasteiger partial charge in [-0.3, -0.25) is 14.4 Å². The molecule has 0 radical (unpaired) electrons. The molecule has 5 nitrogen and oxygen atoms in total. The second-order valence-corrected chi connectivity index (χ2v) is 13.7. The van der Waals surface area contributed by atoms with Crippen molar-refractivity contribution >= 4 is 17.5 Å². The molecule has 0 saturated heterocycles. The molecule has 5 aliphatic rings. The molecule has 0 aromatic heterocycles. The average molecular weight is 497 g/mol. The van der Waals surface area contributed by atoms with E-state index in [1.54, 1.807) is 6.08 Å². The Labute approximate surface area is 216 Å². The fourth-order valence-electron chi connectivity index (χ4n) is 10.4. The van der Waals surface area contributed by atoms with Crippen molar-refractivity contribution in [3.63, 3.8) is 0 Å². The van der Waals surface area contributed by atoms with E-state index in [2.05, 4.69) is 26.8 Å². The zero-order valence-electron chi connectivity index (χ0n) is 23.1. The van der Waals surface area contributed by atoms with Gasteiger partial charge in [0.25, 0.3) is 0 Å². The predicted molar refractivity (Wildman–Crippen MR) is 138 cm³/mol. The smallest absolute Gasteiger partial charge is 0.302 e. The average Bonchev–Trinajstić information content (AvgIpc) is 3.39. The van der Waals surface area contributed by atoms with Crippen molar-refractivity contribution in [3.8, 4) is 0 Å². The molecule has 5 rings (SSSR count). The fraction of sp³-hybridized carbons (Fsp3) is 0.774. The van der Waals surface area contributed by atoms with Crippen molar-refractivity contribution in [2.24, 2.45) is 51.2 Å². The highest BCUT2D eigenvalue weighted by molar-refractivity contribution is 5.93. The largest absolute Gasteiger partial charge is 0.462 e. The van der Waals surface area contributed by atoms with E-state index in [4.69, 9.17) is 4.74 Å². The Morgan fingerprint density at radius 1 is 1.14 bits per heavy atom. The van der Waals surface area contributed by atoms with E-state index >= 15 is 0 Å². The summed E-state index contributed by atoms with van der Waals surface area (Å²) in [5, 5.41) is 10.7. The minimum atomic E-state index is -1.14. The molecule has 0 aromatic carbocycles. The standard InChI is InChI=1S/C31H44O5/c1-17(2)14-23(34)27(35)19(4)26-24(36-20(5)32)15-29(7)25-9-8-21-18(3)22(33)10-11-30(21)16-31(25,30)13-12-28(26,29)6/h10-11,14,18-19,21,23-26,34H,8-9,12-13,15-16H2,1-7H3/t18-,19-,21-,23?,24-,25-,26-,28+,29-,30+,31-/m0/s1. The van der Waals surface area contributed by atoms with Crippen LogP contribution in [0.1, 0.15) is 87.0 Å². The monoisotopic (exact) mass is 496 g/mol. The first-order chi connectivity index (χ1) is 16.7. The van der Waals surface area contributed by atoms with Gasteiger partial charge in [-0.05, 0) is 91.9 Å². The fourth-order valence-corrected chi connectivity index (χ4v) is 10.4. The van der Waals surface area contributed by atoms with Crippen LogP contribution in [0.25, 0.3) is 0 Å². The van der Waals surface area contributed by atoms with Gasteiger partial charge in [0.05, 0.1) is 0 Å². The van der Waals surface area contributed by atoms with Crippen LogP contribution >= 0.6 is 0 Å². The van der Waals surface area contributed by atoms with Crippen LogP contribution in [-0.2, 0) is 19.1 Å². The van der Waals surface area contributed by atoms with Gasteiger partial charge in [0.1, 0.15) is 12.2 Å². The van der Waals surface area contributed by atoms with Gasteiger partial charge in [-0.1, -0.05) is 45.4 Å². The summed E-state index contributed by atoms with van der Waals surface area (Å²) in [4.78, 5) is 38.2. The molecular weight excluding hydrogens is 452 g/mol. The van der Waals surface area contributed by atoms with Gasteiger partial charge in [0.2, 0.25) is 0 Å². The number of esters is 1. The molecule has 5 aliphatic carbocycles. The molecule has 2 spiro atoms. The summed E-state index contributed by atoms with van der Waals surface area (Å²) in [6.07, 6.45) is 10.4. The number of carbonyl (C=O) groups is 3. The maximum atomic E-state index is 13.4. The van der Waals surface area contributed by atoms with Gasteiger partial charge in [0.15, 0.2) is 11.6 Å². The van der Waals surface area contributed by atoms with Gasteiger partial charge in [-0.15, -0.1) is 0 Å². The topological polar surface area (TPSA) is 80.7 Å². The van der Waals surface area contributed by atoms with Crippen LogP contribution in [0.3, 0.4) is 0 Å². The van der Waals surface area contributed by atoms with Gasteiger partial charge >= 0.3 is 5.97 Å². The molecule has 11 atom stereocenters. The van der Waals surface area contributed by atoms with E-state index in [0.29, 0.717) is 11.8 Å². The number of rotatable bonds is 5. The molecule has 1 unspecified atom stereocenters. The van der Waals surface area contributed by atoms with Crippen LogP contribution in [-0.4, -0.2) is 34.9 Å². The van der Waals surface area contributed by atoms with Crippen LogP contribution in [0.5, 0.6) is 0 Å². The number of carbonyl (C=O) groups excluding carboxylic acids is 3. The molecule has 0 bridgehead atoms. The van der Waals surface area contributed by atoms with E-state index in [-0.39, 0.29) is 57.1 Å². The minimum absolute atomic E-state index is 0.0843. The number of aliphatic hydroxyl groups excluding tert-OH is 1. The Kier molecular flexibility index (Phi) is 5.84. The van der Waals surface area contributed by atoms with Gasteiger partial charge in [-0.2, -0.15) is 0 Å². The number of aliphatic hydroxyl groups is 1. The van der Waals surface area contributed by atoms with Crippen LogP contribution in [0.4, 0.5) is 0 Å². The molecule has 4 saturated carbocycles. The lowest BCUT2D eigenvalue weighted by Gasteiger charge is -2.60. The number of hydrogen-bond donors (Lipinski definition) is 1. The summed E-state index contributed by atoms with van der Waals surface area (Å²) in [5.41, 5.74) is 0.980. The van der Waals surface area contributed by atoms with Crippen molar-refractivity contribution in [1.29, 1.82) is 0 Å². The molecule has 0 aromatic rings. The summed E-state index contributed by atoms with van der Waals surface area (Å²) in [6, 6.07) is 0. The zero-order valence-corrected chi connectivity index (χ0v) is 23.1. The van der Waals surface area contributed by atoms with E-state index in [1.165, 1.54) is 6.92 Å². The summed E-state index contributed by atoms with van der Waals surface area (Å²) >= 11 is 0. The predicted octanol–water partition coefficient (Wildman–Crippen LogP) is 5.45. The third-order valence-electron chi connectivity index (χ3n) is 12.1. The van der Waals surface area contributed by atoms with Crippen molar-refractivity contribution < 1.29 is 24.2 Å². The highest BCUT2D eigenvalue weighted by atomic mass is 16.5. The molecule has 5 heteroatoms. The quantitative estimate of drug-likeness (QED) is 0.404. The Hall–Kier alpha value is -1.75.